The Balaban J connectivity index is 2.35. The fourth-order valence-corrected chi connectivity index (χ4v) is 2.82. The number of aliphatic hydroxyl groups is 1. The Morgan fingerprint density at radius 2 is 2.00 bits per heavy atom. The number of hydrogen-bond acceptors (Lipinski definition) is 3. The van der Waals surface area contributed by atoms with Crippen molar-refractivity contribution in [1.29, 1.82) is 0 Å². The van der Waals surface area contributed by atoms with Crippen LogP contribution in [0.4, 0.5) is 8.78 Å². The summed E-state index contributed by atoms with van der Waals surface area (Å²) in [4.78, 5) is 2.01. The molecule has 1 heterocycles. The van der Waals surface area contributed by atoms with Crippen LogP contribution in [0.1, 0.15) is 18.0 Å². The zero-order chi connectivity index (χ0) is 13.8. The van der Waals surface area contributed by atoms with Gasteiger partial charge < -0.3 is 10.4 Å². The Morgan fingerprint density at radius 3 is 2.63 bits per heavy atom. The summed E-state index contributed by atoms with van der Waals surface area (Å²) >= 11 is 3.09. The van der Waals surface area contributed by atoms with Crippen molar-refractivity contribution < 1.29 is 13.9 Å². The lowest BCUT2D eigenvalue weighted by atomic mass is 10.00. The number of piperazine rings is 1. The molecule has 19 heavy (non-hydrogen) atoms. The van der Waals surface area contributed by atoms with Gasteiger partial charge in [-0.2, -0.15) is 0 Å². The highest BCUT2D eigenvalue weighted by Gasteiger charge is 2.27. The molecule has 1 fully saturated rings. The summed E-state index contributed by atoms with van der Waals surface area (Å²) < 4.78 is 28.4. The SMILES string of the molecule is OCC[C@H](c1c(F)ccc(Br)c1F)N1CCNCC1. The standard InChI is InChI=1S/C13H17BrF2N2O/c14-9-1-2-10(15)12(13(9)16)11(3-8-19)18-6-4-17-5-7-18/h1-2,11,17,19H,3-8H2/t11-/m1/s1. The third-order valence-corrected chi connectivity index (χ3v) is 4.02. The van der Waals surface area contributed by atoms with E-state index in [1.54, 1.807) is 0 Å². The van der Waals surface area contributed by atoms with Gasteiger partial charge in [-0.1, -0.05) is 0 Å². The average molecular weight is 335 g/mol. The summed E-state index contributed by atoms with van der Waals surface area (Å²) in [7, 11) is 0. The van der Waals surface area contributed by atoms with Gasteiger partial charge in [0.2, 0.25) is 0 Å². The summed E-state index contributed by atoms with van der Waals surface area (Å²) in [5.41, 5.74) is 0.0466. The molecule has 0 unspecified atom stereocenters. The maximum Gasteiger partial charge on any atom is 0.145 e. The number of rotatable bonds is 4. The van der Waals surface area contributed by atoms with E-state index in [1.165, 1.54) is 12.1 Å². The van der Waals surface area contributed by atoms with Crippen molar-refractivity contribution in [1.82, 2.24) is 10.2 Å². The summed E-state index contributed by atoms with van der Waals surface area (Å²) in [6, 6.07) is 2.20. The van der Waals surface area contributed by atoms with Crippen LogP contribution in [0.3, 0.4) is 0 Å². The number of halogens is 3. The smallest absolute Gasteiger partial charge is 0.145 e. The first-order valence-corrected chi connectivity index (χ1v) is 7.13. The monoisotopic (exact) mass is 334 g/mol. The van der Waals surface area contributed by atoms with Crippen LogP contribution < -0.4 is 5.32 Å². The second-order valence-electron chi connectivity index (χ2n) is 4.57. The quantitative estimate of drug-likeness (QED) is 0.827. The normalized spacial score (nSPS) is 18.5. The maximum atomic E-state index is 14.2. The van der Waals surface area contributed by atoms with Crippen LogP contribution in [0.5, 0.6) is 0 Å². The molecule has 0 spiro atoms. The highest BCUT2D eigenvalue weighted by Crippen LogP contribution is 2.32. The molecule has 0 aromatic heterocycles. The van der Waals surface area contributed by atoms with Crippen molar-refractivity contribution in [2.24, 2.45) is 0 Å². The van der Waals surface area contributed by atoms with Crippen LogP contribution in [0, 0.1) is 11.6 Å². The molecule has 6 heteroatoms. The van der Waals surface area contributed by atoms with E-state index in [0.717, 1.165) is 26.2 Å². The molecule has 0 amide bonds. The zero-order valence-corrected chi connectivity index (χ0v) is 12.1. The molecule has 1 saturated heterocycles. The van der Waals surface area contributed by atoms with Crippen molar-refractivity contribution >= 4 is 15.9 Å². The third kappa shape index (κ3) is 3.31. The van der Waals surface area contributed by atoms with Crippen molar-refractivity contribution in [3.8, 4) is 0 Å². The van der Waals surface area contributed by atoms with Gasteiger partial charge in [0.05, 0.1) is 4.47 Å². The predicted octanol–water partition coefficient (Wildman–Crippen LogP) is 2.06. The van der Waals surface area contributed by atoms with Crippen molar-refractivity contribution in [3.05, 3.63) is 33.8 Å². The Labute approximate surface area is 119 Å². The summed E-state index contributed by atoms with van der Waals surface area (Å²) in [6.07, 6.45) is 0.324. The van der Waals surface area contributed by atoms with Gasteiger partial charge in [0.1, 0.15) is 11.6 Å². The number of hydrogen-bond donors (Lipinski definition) is 2. The molecule has 1 aliphatic rings. The molecule has 3 nitrogen and oxygen atoms in total. The Morgan fingerprint density at radius 1 is 1.32 bits per heavy atom. The van der Waals surface area contributed by atoms with E-state index < -0.39 is 17.7 Å². The van der Waals surface area contributed by atoms with Gasteiger partial charge in [0, 0.05) is 44.4 Å². The Hall–Kier alpha value is -0.560. The topological polar surface area (TPSA) is 35.5 Å². The average Bonchev–Trinajstić information content (AvgIpc) is 2.43. The molecule has 0 saturated carbocycles. The van der Waals surface area contributed by atoms with Crippen LogP contribution in [0.25, 0.3) is 0 Å². The van der Waals surface area contributed by atoms with Gasteiger partial charge in [-0.25, -0.2) is 8.78 Å². The highest BCUT2D eigenvalue weighted by atomic mass is 79.9. The fraction of sp³-hybridized carbons (Fsp3) is 0.538. The molecule has 1 aliphatic heterocycles. The lowest BCUT2D eigenvalue weighted by molar-refractivity contribution is 0.135. The van der Waals surface area contributed by atoms with E-state index in [1.807, 2.05) is 4.90 Å². The van der Waals surface area contributed by atoms with E-state index in [2.05, 4.69) is 21.2 Å². The molecule has 1 aromatic rings. The Bertz CT molecular complexity index is 439. The van der Waals surface area contributed by atoms with Gasteiger partial charge in [-0.05, 0) is 34.5 Å². The van der Waals surface area contributed by atoms with E-state index in [-0.39, 0.29) is 16.6 Å². The second-order valence-corrected chi connectivity index (χ2v) is 5.43. The first-order valence-electron chi connectivity index (χ1n) is 6.34. The first-order chi connectivity index (χ1) is 9.15. The van der Waals surface area contributed by atoms with Crippen LogP contribution in [-0.2, 0) is 0 Å². The Kier molecular flexibility index (Phi) is 5.27. The molecule has 0 radical (unpaired) electrons. The second kappa shape index (κ2) is 6.74. The molecule has 1 atom stereocenters. The van der Waals surface area contributed by atoms with Crippen molar-refractivity contribution in [3.63, 3.8) is 0 Å². The van der Waals surface area contributed by atoms with Gasteiger partial charge in [0.25, 0.3) is 0 Å². The van der Waals surface area contributed by atoms with E-state index in [0.29, 0.717) is 6.42 Å². The van der Waals surface area contributed by atoms with Crippen molar-refractivity contribution in [2.75, 3.05) is 32.8 Å². The van der Waals surface area contributed by atoms with Crippen LogP contribution in [0.2, 0.25) is 0 Å². The minimum absolute atomic E-state index is 0.0466. The maximum absolute atomic E-state index is 14.2. The molecular formula is C13H17BrF2N2O. The van der Waals surface area contributed by atoms with Gasteiger partial charge in [0.15, 0.2) is 0 Å². The summed E-state index contributed by atoms with van der Waals surface area (Å²) in [5.74, 6) is -1.13. The summed E-state index contributed by atoms with van der Waals surface area (Å²) in [5, 5.41) is 12.4. The highest BCUT2D eigenvalue weighted by molar-refractivity contribution is 9.10. The minimum Gasteiger partial charge on any atom is -0.396 e. The first kappa shape index (κ1) is 14.8. The number of nitrogens with zero attached hydrogens (tertiary/aromatic N) is 1. The molecular weight excluding hydrogens is 318 g/mol. The number of benzene rings is 1. The lowest BCUT2D eigenvalue weighted by Crippen LogP contribution is -2.45. The predicted molar refractivity (Wildman–Crippen MR) is 72.9 cm³/mol. The van der Waals surface area contributed by atoms with E-state index >= 15 is 0 Å². The van der Waals surface area contributed by atoms with Crippen LogP contribution in [0.15, 0.2) is 16.6 Å². The van der Waals surface area contributed by atoms with E-state index in [9.17, 15) is 13.9 Å². The molecule has 0 bridgehead atoms. The molecule has 0 aliphatic carbocycles. The molecule has 1 aromatic carbocycles. The molecule has 2 rings (SSSR count). The van der Waals surface area contributed by atoms with Crippen molar-refractivity contribution in [2.45, 2.75) is 12.5 Å². The van der Waals surface area contributed by atoms with E-state index in [4.69, 9.17) is 0 Å². The number of aliphatic hydroxyl groups excluding tert-OH is 1. The van der Waals surface area contributed by atoms with Gasteiger partial charge in [-0.15, -0.1) is 0 Å². The van der Waals surface area contributed by atoms with Crippen LogP contribution in [-0.4, -0.2) is 42.8 Å². The minimum atomic E-state index is -0.572. The third-order valence-electron chi connectivity index (χ3n) is 3.41. The largest absolute Gasteiger partial charge is 0.396 e. The van der Waals surface area contributed by atoms with Gasteiger partial charge >= 0.3 is 0 Å². The molecule has 2 N–H and O–H groups in total. The molecule has 106 valence electrons. The van der Waals surface area contributed by atoms with Gasteiger partial charge in [-0.3, -0.25) is 4.90 Å². The van der Waals surface area contributed by atoms with Crippen LogP contribution >= 0.6 is 15.9 Å². The zero-order valence-electron chi connectivity index (χ0n) is 10.5. The fourth-order valence-electron chi connectivity index (χ4n) is 2.47. The number of nitrogens with one attached hydrogen (secondary N) is 1. The lowest BCUT2D eigenvalue weighted by Gasteiger charge is -2.35. The summed E-state index contributed by atoms with van der Waals surface area (Å²) in [6.45, 7) is 2.92.